The molecule has 5 rings (SSSR count). The van der Waals surface area contributed by atoms with E-state index < -0.39 is 0 Å². The van der Waals surface area contributed by atoms with E-state index >= 15 is 0 Å². The summed E-state index contributed by atoms with van der Waals surface area (Å²) in [5, 5.41) is 0. The Morgan fingerprint density at radius 2 is 1.35 bits per heavy atom. The quantitative estimate of drug-likeness (QED) is 0.373. The molecular weight excluding hydrogens is 414 g/mol. The van der Waals surface area contributed by atoms with Gasteiger partial charge in [0.15, 0.2) is 0 Å². The molecule has 2 nitrogen and oxygen atoms in total. The van der Waals surface area contributed by atoms with Crippen molar-refractivity contribution in [3.63, 3.8) is 0 Å². The topological polar surface area (TPSA) is 12.5 Å². The molecule has 0 aromatic heterocycles. The summed E-state index contributed by atoms with van der Waals surface area (Å²) in [6.45, 7) is 7.10. The van der Waals surface area contributed by atoms with Crippen LogP contribution in [0.4, 0.5) is 5.69 Å². The highest BCUT2D eigenvalue weighted by Crippen LogP contribution is 2.48. The summed E-state index contributed by atoms with van der Waals surface area (Å²) in [5.74, 6) is 3.06. The Balaban J connectivity index is 1.59. The molecule has 176 valence electrons. The lowest BCUT2D eigenvalue weighted by molar-refractivity contribution is -0.00572. The van der Waals surface area contributed by atoms with Crippen molar-refractivity contribution in [2.24, 2.45) is 17.8 Å². The van der Waals surface area contributed by atoms with Gasteiger partial charge in [-0.15, -0.1) is 0 Å². The maximum atomic E-state index is 7.09. The Labute approximate surface area is 205 Å². The number of nitrogens with zero attached hydrogens (tertiary/aromatic N) is 1. The van der Waals surface area contributed by atoms with E-state index in [1.807, 2.05) is 0 Å². The van der Waals surface area contributed by atoms with Gasteiger partial charge in [-0.2, -0.15) is 0 Å². The first-order valence-corrected chi connectivity index (χ1v) is 12.9. The van der Waals surface area contributed by atoms with Gasteiger partial charge in [-0.3, -0.25) is 0 Å². The molecule has 0 spiro atoms. The fourth-order valence-corrected chi connectivity index (χ4v) is 5.93. The molecule has 5 atom stereocenters. The lowest BCUT2D eigenvalue weighted by atomic mass is 9.75. The van der Waals surface area contributed by atoms with Gasteiger partial charge in [0.2, 0.25) is 0 Å². The van der Waals surface area contributed by atoms with Gasteiger partial charge in [0.25, 0.3) is 0 Å². The fraction of sp³-hybridized carbons (Fsp3) is 0.375. The second-order valence-corrected chi connectivity index (χ2v) is 10.5. The predicted octanol–water partition coefficient (Wildman–Crippen LogP) is 8.35. The third kappa shape index (κ3) is 4.64. The van der Waals surface area contributed by atoms with E-state index in [0.717, 1.165) is 12.2 Å². The van der Waals surface area contributed by atoms with Crippen molar-refractivity contribution < 1.29 is 4.74 Å². The highest BCUT2D eigenvalue weighted by atomic mass is 16.5. The molecule has 2 heteroatoms. The van der Waals surface area contributed by atoms with Crippen molar-refractivity contribution in [1.82, 2.24) is 0 Å². The molecule has 0 saturated heterocycles. The molecule has 1 saturated carbocycles. The number of para-hydroxylation sites is 1. The highest BCUT2D eigenvalue weighted by molar-refractivity contribution is 5.58. The smallest absolute Gasteiger partial charge is 0.122 e. The van der Waals surface area contributed by atoms with E-state index in [9.17, 15) is 0 Å². The monoisotopic (exact) mass is 451 g/mol. The fourth-order valence-electron chi connectivity index (χ4n) is 5.93. The van der Waals surface area contributed by atoms with Crippen LogP contribution in [0.3, 0.4) is 0 Å². The molecule has 1 heterocycles. The molecular formula is C32H37NO. The van der Waals surface area contributed by atoms with Crippen molar-refractivity contribution >= 4 is 5.69 Å². The minimum Gasteiger partial charge on any atom is -0.492 e. The number of hydrogen-bond acceptors (Lipinski definition) is 2. The Morgan fingerprint density at radius 3 is 1.97 bits per heavy atom. The van der Waals surface area contributed by atoms with E-state index in [-0.39, 0.29) is 18.2 Å². The summed E-state index contributed by atoms with van der Waals surface area (Å²) >= 11 is 0. The van der Waals surface area contributed by atoms with E-state index in [0.29, 0.717) is 17.8 Å². The largest absolute Gasteiger partial charge is 0.492 e. The number of rotatable bonds is 6. The van der Waals surface area contributed by atoms with Crippen LogP contribution in [0.1, 0.15) is 63.2 Å². The van der Waals surface area contributed by atoms with E-state index in [4.69, 9.17) is 4.74 Å². The molecule has 0 unspecified atom stereocenters. The molecule has 0 radical (unpaired) electrons. The van der Waals surface area contributed by atoms with Gasteiger partial charge in [-0.1, -0.05) is 106 Å². The summed E-state index contributed by atoms with van der Waals surface area (Å²) in [5.41, 5.74) is 3.79. The van der Waals surface area contributed by atoms with Crippen LogP contribution >= 0.6 is 0 Å². The van der Waals surface area contributed by atoms with Crippen LogP contribution in [-0.4, -0.2) is 6.10 Å². The van der Waals surface area contributed by atoms with Crippen LogP contribution in [-0.2, 0) is 4.74 Å². The summed E-state index contributed by atoms with van der Waals surface area (Å²) in [6, 6.07) is 32.7. The average Bonchev–Trinajstić information content (AvgIpc) is 3.24. The second kappa shape index (κ2) is 10.1. The number of ether oxygens (including phenoxy) is 1. The minimum absolute atomic E-state index is 0.0545. The maximum absolute atomic E-state index is 7.09. The SMILES string of the molecule is CC(C)[C@@H]1CC[C@@H](C)C[C@H]1OC1=C[C@H](c2ccccc2)N(c2ccccc2)[C@H]1c1ccccc1. The Morgan fingerprint density at radius 1 is 0.765 bits per heavy atom. The zero-order chi connectivity index (χ0) is 23.5. The van der Waals surface area contributed by atoms with Crippen LogP contribution in [0.2, 0.25) is 0 Å². The van der Waals surface area contributed by atoms with E-state index in [1.54, 1.807) is 0 Å². The van der Waals surface area contributed by atoms with Gasteiger partial charge in [0.05, 0.1) is 6.04 Å². The standard InChI is InChI=1S/C32H37NO/c1-23(2)28-20-19-24(3)21-30(28)34-31-22-29(25-13-7-4-8-14-25)33(27-17-11-6-12-18-27)32(31)26-15-9-5-10-16-26/h4-18,22-24,28-30,32H,19-21H2,1-3H3/t24-,28+,29-,30-,32+/m1/s1. The van der Waals surface area contributed by atoms with Crippen molar-refractivity contribution in [2.75, 3.05) is 4.90 Å². The van der Waals surface area contributed by atoms with Crippen molar-refractivity contribution in [2.45, 2.75) is 58.2 Å². The third-order valence-electron chi connectivity index (χ3n) is 7.73. The lowest BCUT2D eigenvalue weighted by Gasteiger charge is -2.39. The molecule has 0 amide bonds. The van der Waals surface area contributed by atoms with Gasteiger partial charge in [-0.05, 0) is 59.9 Å². The van der Waals surface area contributed by atoms with Crippen LogP contribution in [0.25, 0.3) is 0 Å². The molecule has 3 aromatic rings. The van der Waals surface area contributed by atoms with Gasteiger partial charge in [-0.25, -0.2) is 0 Å². The minimum atomic E-state index is 0.0545. The number of benzene rings is 3. The first-order valence-electron chi connectivity index (χ1n) is 12.9. The van der Waals surface area contributed by atoms with Gasteiger partial charge in [0, 0.05) is 5.69 Å². The van der Waals surface area contributed by atoms with E-state index in [2.05, 4.69) is 123 Å². The average molecular weight is 452 g/mol. The third-order valence-corrected chi connectivity index (χ3v) is 7.73. The number of hydrogen-bond donors (Lipinski definition) is 0. The lowest BCUT2D eigenvalue weighted by Crippen LogP contribution is -2.35. The molecule has 3 aromatic carbocycles. The molecule has 34 heavy (non-hydrogen) atoms. The Bertz CT molecular complexity index is 1080. The molecule has 1 aliphatic heterocycles. The van der Waals surface area contributed by atoms with Crippen LogP contribution in [0, 0.1) is 17.8 Å². The maximum Gasteiger partial charge on any atom is 0.122 e. The van der Waals surface area contributed by atoms with Crippen molar-refractivity contribution in [3.8, 4) is 0 Å². The number of anilines is 1. The normalized spacial score (nSPS) is 27.0. The highest BCUT2D eigenvalue weighted by Gasteiger charge is 2.41. The second-order valence-electron chi connectivity index (χ2n) is 10.5. The van der Waals surface area contributed by atoms with Gasteiger partial charge < -0.3 is 9.64 Å². The molecule has 0 bridgehead atoms. The van der Waals surface area contributed by atoms with Crippen LogP contribution < -0.4 is 4.90 Å². The summed E-state index contributed by atoms with van der Waals surface area (Å²) in [7, 11) is 0. The molecule has 2 aliphatic rings. The summed E-state index contributed by atoms with van der Waals surface area (Å²) in [4.78, 5) is 2.54. The zero-order valence-electron chi connectivity index (χ0n) is 20.7. The first kappa shape index (κ1) is 22.8. The zero-order valence-corrected chi connectivity index (χ0v) is 20.7. The van der Waals surface area contributed by atoms with Crippen molar-refractivity contribution in [3.05, 3.63) is 114 Å². The Kier molecular flexibility index (Phi) is 6.76. The predicted molar refractivity (Wildman–Crippen MR) is 142 cm³/mol. The molecule has 0 N–H and O–H groups in total. The Hall–Kier alpha value is -3.00. The summed E-state index contributed by atoms with van der Waals surface area (Å²) < 4.78 is 7.09. The van der Waals surface area contributed by atoms with E-state index in [1.165, 1.54) is 29.7 Å². The van der Waals surface area contributed by atoms with Crippen LogP contribution in [0.5, 0.6) is 0 Å². The van der Waals surface area contributed by atoms with Crippen LogP contribution in [0.15, 0.2) is 103 Å². The first-order chi connectivity index (χ1) is 16.6. The molecule has 1 fully saturated rings. The van der Waals surface area contributed by atoms with Gasteiger partial charge >= 0.3 is 0 Å². The molecule has 1 aliphatic carbocycles. The van der Waals surface area contributed by atoms with Crippen molar-refractivity contribution in [1.29, 1.82) is 0 Å². The summed E-state index contributed by atoms with van der Waals surface area (Å²) in [6.07, 6.45) is 6.37. The van der Waals surface area contributed by atoms with Gasteiger partial charge in [0.1, 0.15) is 17.9 Å².